The molecule has 8 nitrogen and oxygen atoms in total. The molecule has 1 saturated heterocycles. The van der Waals surface area contributed by atoms with Gasteiger partial charge in [0.25, 0.3) is 5.91 Å². The molecule has 5 rings (SSSR count). The molecule has 1 saturated carbocycles. The fourth-order valence-corrected chi connectivity index (χ4v) is 7.83. The van der Waals surface area contributed by atoms with E-state index in [0.29, 0.717) is 37.2 Å². The second-order valence-electron chi connectivity index (χ2n) is 11.4. The molecule has 3 aromatic rings. The third-order valence-electron chi connectivity index (χ3n) is 8.47. The summed E-state index contributed by atoms with van der Waals surface area (Å²) in [6.45, 7) is 1.01. The van der Waals surface area contributed by atoms with Crippen LogP contribution in [-0.2, 0) is 23.0 Å². The zero-order valence-corrected chi connectivity index (χ0v) is 26.2. The van der Waals surface area contributed by atoms with Gasteiger partial charge in [-0.25, -0.2) is 8.42 Å². The zero-order chi connectivity index (χ0) is 29.5. The molecule has 10 heteroatoms. The van der Waals surface area contributed by atoms with Crippen molar-refractivity contribution in [3.8, 4) is 5.75 Å². The van der Waals surface area contributed by atoms with Crippen molar-refractivity contribution in [2.24, 2.45) is 5.92 Å². The first-order valence-corrected chi connectivity index (χ1v) is 16.4. The van der Waals surface area contributed by atoms with Crippen LogP contribution in [0.2, 0.25) is 0 Å². The minimum absolute atomic E-state index is 0. The molecule has 1 aliphatic carbocycles. The van der Waals surface area contributed by atoms with Crippen LogP contribution >= 0.6 is 12.4 Å². The summed E-state index contributed by atoms with van der Waals surface area (Å²) in [5, 5.41) is 18.8. The molecule has 0 aromatic heterocycles. The van der Waals surface area contributed by atoms with Crippen LogP contribution in [0.5, 0.6) is 5.75 Å². The highest BCUT2D eigenvalue weighted by Gasteiger charge is 2.36. The molecule has 1 amide bonds. The van der Waals surface area contributed by atoms with Crippen molar-refractivity contribution in [2.75, 3.05) is 23.7 Å². The van der Waals surface area contributed by atoms with E-state index in [0.717, 1.165) is 42.6 Å². The molecular weight excluding hydrogens is 586 g/mol. The van der Waals surface area contributed by atoms with E-state index < -0.39 is 22.2 Å². The highest BCUT2D eigenvalue weighted by Crippen LogP contribution is 2.31. The number of benzene rings is 3. The summed E-state index contributed by atoms with van der Waals surface area (Å²) in [7, 11) is -1.68. The van der Waals surface area contributed by atoms with Gasteiger partial charge in [-0.3, -0.25) is 9.10 Å². The Morgan fingerprint density at radius 3 is 2.40 bits per heavy atom. The minimum atomic E-state index is -3.32. The average molecular weight is 628 g/mol. The second-order valence-corrected chi connectivity index (χ2v) is 13.4. The minimum Gasteiger partial charge on any atom is -0.497 e. The summed E-state index contributed by atoms with van der Waals surface area (Å²) < 4.78 is 32.0. The van der Waals surface area contributed by atoms with Crippen molar-refractivity contribution < 1.29 is 23.1 Å². The molecule has 3 aromatic carbocycles. The van der Waals surface area contributed by atoms with Gasteiger partial charge in [0.05, 0.1) is 30.7 Å². The van der Waals surface area contributed by atoms with E-state index >= 15 is 0 Å². The predicted molar refractivity (Wildman–Crippen MR) is 172 cm³/mol. The van der Waals surface area contributed by atoms with Gasteiger partial charge in [-0.2, -0.15) is 0 Å². The van der Waals surface area contributed by atoms with E-state index in [1.54, 1.807) is 25.3 Å². The highest BCUT2D eigenvalue weighted by atomic mass is 35.5. The fraction of sp³-hybridized carbons (Fsp3) is 0.424. The third kappa shape index (κ3) is 8.29. The number of aliphatic hydroxyl groups excluding tert-OH is 1. The molecule has 232 valence electrons. The second kappa shape index (κ2) is 15.1. The normalized spacial score (nSPS) is 18.4. The Labute approximate surface area is 261 Å². The quantitative estimate of drug-likeness (QED) is 0.269. The monoisotopic (exact) mass is 627 g/mol. The molecule has 2 fully saturated rings. The topological polar surface area (TPSA) is 108 Å². The average Bonchev–Trinajstić information content (AvgIpc) is 3.67. The SMILES string of the molecule is COc1cccc(CNC(C2CCCC2)[C@H](O)[C@H](Cc2cccc(N3CCCS3(=O)=O)c2)NC(=O)c2ccccc2)c1.Cl. The first-order chi connectivity index (χ1) is 20.3. The summed E-state index contributed by atoms with van der Waals surface area (Å²) in [6, 6.07) is 23.5. The predicted octanol–water partition coefficient (Wildman–Crippen LogP) is 4.71. The van der Waals surface area contributed by atoms with Gasteiger partial charge in [-0.1, -0.05) is 55.3 Å². The number of hydrogen-bond donors (Lipinski definition) is 3. The van der Waals surface area contributed by atoms with Crippen molar-refractivity contribution in [1.29, 1.82) is 0 Å². The first-order valence-electron chi connectivity index (χ1n) is 14.8. The van der Waals surface area contributed by atoms with Crippen LogP contribution in [0.1, 0.15) is 53.6 Å². The number of carbonyl (C=O) groups is 1. The van der Waals surface area contributed by atoms with Crippen LogP contribution in [0.4, 0.5) is 5.69 Å². The van der Waals surface area contributed by atoms with Gasteiger partial charge in [0.15, 0.2) is 0 Å². The molecule has 2 aliphatic rings. The summed E-state index contributed by atoms with van der Waals surface area (Å²) in [6.07, 6.45) is 4.31. The Bertz CT molecular complexity index is 1450. The van der Waals surface area contributed by atoms with Gasteiger partial charge >= 0.3 is 0 Å². The van der Waals surface area contributed by atoms with Crippen molar-refractivity contribution >= 4 is 34.0 Å². The Morgan fingerprint density at radius 2 is 1.70 bits per heavy atom. The lowest BCUT2D eigenvalue weighted by atomic mass is 9.87. The highest BCUT2D eigenvalue weighted by molar-refractivity contribution is 7.93. The molecule has 3 atom stereocenters. The summed E-state index contributed by atoms with van der Waals surface area (Å²) in [5.41, 5.74) is 3.04. The van der Waals surface area contributed by atoms with Crippen LogP contribution < -0.4 is 19.7 Å². The summed E-state index contributed by atoms with van der Waals surface area (Å²) in [5.74, 6) is 0.937. The van der Waals surface area contributed by atoms with Gasteiger partial charge < -0.3 is 20.5 Å². The Morgan fingerprint density at radius 1 is 0.977 bits per heavy atom. The summed E-state index contributed by atoms with van der Waals surface area (Å²) in [4.78, 5) is 13.4. The van der Waals surface area contributed by atoms with Gasteiger partial charge in [-0.05, 0) is 79.1 Å². The number of hydrogen-bond acceptors (Lipinski definition) is 6. The van der Waals surface area contributed by atoms with Gasteiger partial charge in [0, 0.05) is 24.7 Å². The van der Waals surface area contributed by atoms with E-state index in [1.165, 1.54) is 4.31 Å². The molecule has 0 spiro atoms. The molecule has 1 aliphatic heterocycles. The lowest BCUT2D eigenvalue weighted by Gasteiger charge is -2.35. The summed E-state index contributed by atoms with van der Waals surface area (Å²) >= 11 is 0. The number of sulfonamides is 1. The first kappa shape index (κ1) is 32.8. The molecule has 1 heterocycles. The maximum absolute atomic E-state index is 13.4. The Kier molecular flexibility index (Phi) is 11.5. The van der Waals surface area contributed by atoms with Crippen LogP contribution in [0.25, 0.3) is 0 Å². The number of amides is 1. The lowest BCUT2D eigenvalue weighted by Crippen LogP contribution is -2.56. The zero-order valence-electron chi connectivity index (χ0n) is 24.5. The number of halogens is 1. The van der Waals surface area contributed by atoms with E-state index in [1.807, 2.05) is 60.7 Å². The lowest BCUT2D eigenvalue weighted by molar-refractivity contribution is 0.0552. The van der Waals surface area contributed by atoms with Gasteiger partial charge in [0.2, 0.25) is 10.0 Å². The van der Waals surface area contributed by atoms with Crippen LogP contribution in [0.15, 0.2) is 78.9 Å². The van der Waals surface area contributed by atoms with Crippen LogP contribution in [0.3, 0.4) is 0 Å². The molecule has 3 N–H and O–H groups in total. The standard InChI is InChI=1S/C33H41N3O5S.ClH/c1-41-29-17-8-11-25(21-29)23-34-31(26-12-5-6-13-26)32(37)30(35-33(38)27-14-3-2-4-15-27)22-24-10-7-16-28(20-24)36-18-9-19-42(36,39)40;/h2-4,7-8,10-11,14-17,20-21,26,30-32,34,37H,5-6,9,12-13,18-19,22-23H2,1H3,(H,35,38);1H/t30-,31?,32+;/m0./s1. The molecular formula is C33H42ClN3O5S. The maximum atomic E-state index is 13.4. The molecule has 43 heavy (non-hydrogen) atoms. The molecule has 0 bridgehead atoms. The smallest absolute Gasteiger partial charge is 0.251 e. The number of nitrogens with one attached hydrogen (secondary N) is 2. The number of carbonyl (C=O) groups excluding carboxylic acids is 1. The largest absolute Gasteiger partial charge is 0.497 e. The number of nitrogens with zero attached hydrogens (tertiary/aromatic N) is 1. The van der Waals surface area contributed by atoms with Crippen LogP contribution in [-0.4, -0.2) is 57.0 Å². The fourth-order valence-electron chi connectivity index (χ4n) is 6.27. The molecule has 0 radical (unpaired) electrons. The van der Waals surface area contributed by atoms with E-state index in [2.05, 4.69) is 10.6 Å². The van der Waals surface area contributed by atoms with E-state index in [4.69, 9.17) is 4.74 Å². The van der Waals surface area contributed by atoms with Crippen molar-refractivity contribution in [2.45, 2.75) is 63.3 Å². The van der Waals surface area contributed by atoms with Crippen molar-refractivity contribution in [3.05, 3.63) is 95.6 Å². The Balaban J connectivity index is 0.00000423. The maximum Gasteiger partial charge on any atom is 0.251 e. The van der Waals surface area contributed by atoms with Crippen molar-refractivity contribution in [3.63, 3.8) is 0 Å². The van der Waals surface area contributed by atoms with Crippen molar-refractivity contribution in [1.82, 2.24) is 10.6 Å². The van der Waals surface area contributed by atoms with Gasteiger partial charge in [-0.15, -0.1) is 12.4 Å². The van der Waals surface area contributed by atoms with Crippen LogP contribution in [0, 0.1) is 5.92 Å². The third-order valence-corrected chi connectivity index (χ3v) is 10.3. The van der Waals surface area contributed by atoms with E-state index in [9.17, 15) is 18.3 Å². The van der Waals surface area contributed by atoms with E-state index in [-0.39, 0.29) is 36.0 Å². The molecule has 1 unspecified atom stereocenters. The number of ether oxygens (including phenoxy) is 1. The number of aliphatic hydroxyl groups is 1. The number of methoxy groups -OCH3 is 1. The Hall–Kier alpha value is -3.11. The van der Waals surface area contributed by atoms with Gasteiger partial charge in [0.1, 0.15) is 5.75 Å². The number of rotatable bonds is 12. The number of anilines is 1.